The van der Waals surface area contributed by atoms with Gasteiger partial charge in [-0.1, -0.05) is 18.2 Å². The molecule has 21 heavy (non-hydrogen) atoms. The molecule has 0 aromatic heterocycles. The van der Waals surface area contributed by atoms with E-state index in [1.165, 1.54) is 5.69 Å². The summed E-state index contributed by atoms with van der Waals surface area (Å²) in [5, 5.41) is 2.55. The number of nitrogens with one attached hydrogen (secondary N) is 1. The van der Waals surface area contributed by atoms with E-state index in [0.29, 0.717) is 13.1 Å². The van der Waals surface area contributed by atoms with Crippen molar-refractivity contribution in [2.24, 2.45) is 5.73 Å². The van der Waals surface area contributed by atoms with Crippen molar-refractivity contribution in [3.8, 4) is 0 Å². The second kappa shape index (κ2) is 7.08. The van der Waals surface area contributed by atoms with Gasteiger partial charge in [-0.3, -0.25) is 9.59 Å². The highest BCUT2D eigenvalue weighted by Gasteiger charge is 2.21. The number of piperazine rings is 1. The summed E-state index contributed by atoms with van der Waals surface area (Å²) in [5.41, 5.74) is 6.62. The Morgan fingerprint density at radius 1 is 1.19 bits per heavy atom. The Morgan fingerprint density at radius 3 is 2.38 bits per heavy atom. The molecule has 1 saturated heterocycles. The second-order valence-electron chi connectivity index (χ2n) is 5.21. The van der Waals surface area contributed by atoms with Crippen molar-refractivity contribution in [1.82, 2.24) is 10.2 Å². The maximum atomic E-state index is 12.0. The number of carbonyl (C=O) groups is 2. The minimum Gasteiger partial charge on any atom is -0.368 e. The van der Waals surface area contributed by atoms with E-state index >= 15 is 0 Å². The summed E-state index contributed by atoms with van der Waals surface area (Å²) in [5.74, 6) is -0.358. The quantitative estimate of drug-likeness (QED) is 0.805. The highest BCUT2D eigenvalue weighted by atomic mass is 16.2. The normalized spacial score (nSPS) is 16.5. The van der Waals surface area contributed by atoms with E-state index in [0.717, 1.165) is 13.1 Å². The molecule has 1 aromatic rings. The fraction of sp³-hybridized carbons (Fsp3) is 0.467. The van der Waals surface area contributed by atoms with Gasteiger partial charge in [0, 0.05) is 31.9 Å². The van der Waals surface area contributed by atoms with Gasteiger partial charge >= 0.3 is 0 Å². The first-order valence-corrected chi connectivity index (χ1v) is 7.19. The summed E-state index contributed by atoms with van der Waals surface area (Å²) in [4.78, 5) is 27.4. The summed E-state index contributed by atoms with van der Waals surface area (Å²) < 4.78 is 0. The van der Waals surface area contributed by atoms with Crippen LogP contribution in [0, 0.1) is 0 Å². The van der Waals surface area contributed by atoms with Gasteiger partial charge in [0.2, 0.25) is 11.8 Å². The van der Waals surface area contributed by atoms with E-state index in [9.17, 15) is 9.59 Å². The van der Waals surface area contributed by atoms with Gasteiger partial charge in [0.15, 0.2) is 0 Å². The van der Waals surface area contributed by atoms with Crippen molar-refractivity contribution >= 4 is 17.5 Å². The molecule has 2 rings (SSSR count). The van der Waals surface area contributed by atoms with Gasteiger partial charge in [-0.15, -0.1) is 0 Å². The third-order valence-electron chi connectivity index (χ3n) is 3.58. The van der Waals surface area contributed by atoms with Crippen LogP contribution < -0.4 is 16.0 Å². The number of benzene rings is 1. The molecule has 6 nitrogen and oxygen atoms in total. The number of para-hydroxylation sites is 1. The zero-order valence-corrected chi connectivity index (χ0v) is 12.3. The molecule has 3 N–H and O–H groups in total. The van der Waals surface area contributed by atoms with Crippen LogP contribution in [-0.2, 0) is 9.59 Å². The molecule has 1 heterocycles. The molecular formula is C15H22N4O2. The van der Waals surface area contributed by atoms with Crippen molar-refractivity contribution in [3.63, 3.8) is 0 Å². The first kappa shape index (κ1) is 15.3. The first-order chi connectivity index (χ1) is 10.1. The maximum absolute atomic E-state index is 12.0. The molecule has 0 aliphatic carbocycles. The molecule has 114 valence electrons. The average Bonchev–Trinajstić information content (AvgIpc) is 2.53. The Balaban J connectivity index is 1.78. The van der Waals surface area contributed by atoms with Crippen LogP contribution in [-0.4, -0.2) is 55.5 Å². The zero-order valence-electron chi connectivity index (χ0n) is 12.3. The van der Waals surface area contributed by atoms with Crippen molar-refractivity contribution in [2.45, 2.75) is 13.0 Å². The number of nitrogens with zero attached hydrogens (tertiary/aromatic N) is 2. The second-order valence-corrected chi connectivity index (χ2v) is 5.21. The SMILES string of the molecule is C[C@@H](N)C(=O)NCC(=O)N1CCN(c2ccccc2)CC1. The van der Waals surface area contributed by atoms with Gasteiger partial charge in [-0.2, -0.15) is 0 Å². The molecule has 1 fully saturated rings. The fourth-order valence-electron chi connectivity index (χ4n) is 2.29. The first-order valence-electron chi connectivity index (χ1n) is 7.19. The lowest BCUT2D eigenvalue weighted by Gasteiger charge is -2.36. The number of hydrogen-bond acceptors (Lipinski definition) is 4. The molecule has 1 atom stereocenters. The Hall–Kier alpha value is -2.08. The van der Waals surface area contributed by atoms with E-state index in [2.05, 4.69) is 22.3 Å². The number of nitrogens with two attached hydrogens (primary N) is 1. The van der Waals surface area contributed by atoms with Crippen molar-refractivity contribution in [1.29, 1.82) is 0 Å². The van der Waals surface area contributed by atoms with Crippen molar-refractivity contribution in [3.05, 3.63) is 30.3 Å². The Labute approximate surface area is 124 Å². The number of rotatable bonds is 4. The largest absolute Gasteiger partial charge is 0.368 e. The summed E-state index contributed by atoms with van der Waals surface area (Å²) in [7, 11) is 0. The van der Waals surface area contributed by atoms with Crippen LogP contribution in [0.3, 0.4) is 0 Å². The predicted octanol–water partition coefficient (Wildman–Crippen LogP) is -0.201. The summed E-state index contributed by atoms with van der Waals surface area (Å²) >= 11 is 0. The van der Waals surface area contributed by atoms with Crippen molar-refractivity contribution < 1.29 is 9.59 Å². The smallest absolute Gasteiger partial charge is 0.242 e. The minimum atomic E-state index is -0.590. The molecule has 0 saturated carbocycles. The lowest BCUT2D eigenvalue weighted by atomic mass is 10.2. The Kier molecular flexibility index (Phi) is 5.16. The highest BCUT2D eigenvalue weighted by molar-refractivity contribution is 5.87. The molecule has 1 aliphatic heterocycles. The molecule has 0 spiro atoms. The minimum absolute atomic E-state index is 0.0196. The van der Waals surface area contributed by atoms with Gasteiger partial charge in [0.05, 0.1) is 12.6 Å². The summed E-state index contributed by atoms with van der Waals surface area (Å²) in [6.07, 6.45) is 0. The highest BCUT2D eigenvalue weighted by Crippen LogP contribution is 2.15. The number of hydrogen-bond donors (Lipinski definition) is 2. The van der Waals surface area contributed by atoms with E-state index in [1.807, 2.05) is 18.2 Å². The number of amides is 2. The lowest BCUT2D eigenvalue weighted by Crippen LogP contribution is -2.52. The topological polar surface area (TPSA) is 78.7 Å². The molecule has 0 radical (unpaired) electrons. The van der Waals surface area contributed by atoms with E-state index < -0.39 is 6.04 Å². The van der Waals surface area contributed by atoms with Gasteiger partial charge < -0.3 is 20.9 Å². The third-order valence-corrected chi connectivity index (χ3v) is 3.58. The van der Waals surface area contributed by atoms with Crippen LogP contribution >= 0.6 is 0 Å². The number of carbonyl (C=O) groups excluding carboxylic acids is 2. The molecular weight excluding hydrogens is 268 g/mol. The van der Waals surface area contributed by atoms with Gasteiger partial charge in [0.25, 0.3) is 0 Å². The van der Waals surface area contributed by atoms with Crippen molar-refractivity contribution in [2.75, 3.05) is 37.6 Å². The fourth-order valence-corrected chi connectivity index (χ4v) is 2.29. The van der Waals surface area contributed by atoms with Crippen LogP contribution in [0.4, 0.5) is 5.69 Å². The van der Waals surface area contributed by atoms with Crippen LogP contribution in [0.1, 0.15) is 6.92 Å². The van der Waals surface area contributed by atoms with Gasteiger partial charge in [0.1, 0.15) is 0 Å². The zero-order chi connectivity index (χ0) is 15.2. The van der Waals surface area contributed by atoms with Crippen LogP contribution in [0.15, 0.2) is 30.3 Å². The maximum Gasteiger partial charge on any atom is 0.242 e. The molecule has 0 bridgehead atoms. The molecule has 1 aliphatic rings. The van der Waals surface area contributed by atoms with E-state index in [-0.39, 0.29) is 18.4 Å². The molecule has 0 unspecified atom stereocenters. The third kappa shape index (κ3) is 4.19. The molecule has 6 heteroatoms. The molecule has 2 amide bonds. The number of anilines is 1. The van der Waals surface area contributed by atoms with Gasteiger partial charge in [-0.25, -0.2) is 0 Å². The average molecular weight is 290 g/mol. The predicted molar refractivity (Wildman–Crippen MR) is 81.9 cm³/mol. The summed E-state index contributed by atoms with van der Waals surface area (Å²) in [6.45, 7) is 4.56. The summed E-state index contributed by atoms with van der Waals surface area (Å²) in [6, 6.07) is 9.56. The van der Waals surface area contributed by atoms with E-state index in [1.54, 1.807) is 11.8 Å². The molecule has 1 aromatic carbocycles. The van der Waals surface area contributed by atoms with Crippen LogP contribution in [0.2, 0.25) is 0 Å². The standard InChI is InChI=1S/C15H22N4O2/c1-12(16)15(21)17-11-14(20)19-9-7-18(8-10-19)13-5-3-2-4-6-13/h2-6,12H,7-11,16H2,1H3,(H,17,21)/t12-/m1/s1. The van der Waals surface area contributed by atoms with Gasteiger partial charge in [-0.05, 0) is 19.1 Å². The monoisotopic (exact) mass is 290 g/mol. The lowest BCUT2D eigenvalue weighted by molar-refractivity contribution is -0.133. The van der Waals surface area contributed by atoms with Crippen LogP contribution in [0.5, 0.6) is 0 Å². The Morgan fingerprint density at radius 2 is 1.81 bits per heavy atom. The Bertz CT molecular complexity index is 482. The van der Waals surface area contributed by atoms with E-state index in [4.69, 9.17) is 5.73 Å². The van der Waals surface area contributed by atoms with Crippen LogP contribution in [0.25, 0.3) is 0 Å².